The molecule has 0 aliphatic rings. The standard InChI is InChI=1S/C13H17IO3/c1-8(2)12(15)17-11(13(3,4)5)9-6-7-10(14)16-9/h6-7,11H,1H2,2-5H3. The SMILES string of the molecule is C=C(C)C(=O)OC(c1ccc(I)o1)C(C)(C)C. The van der Waals surface area contributed by atoms with Gasteiger partial charge in [0.25, 0.3) is 0 Å². The lowest BCUT2D eigenvalue weighted by Crippen LogP contribution is -2.24. The Bertz CT molecular complexity index is 426. The fourth-order valence-corrected chi connectivity index (χ4v) is 1.77. The largest absolute Gasteiger partial charge is 0.451 e. The van der Waals surface area contributed by atoms with Crippen LogP contribution in [0.4, 0.5) is 0 Å². The van der Waals surface area contributed by atoms with Gasteiger partial charge in [-0.25, -0.2) is 4.79 Å². The number of carbonyl (C=O) groups excluding carboxylic acids is 1. The summed E-state index contributed by atoms with van der Waals surface area (Å²) in [4.78, 5) is 11.6. The number of carbonyl (C=O) groups is 1. The predicted molar refractivity (Wildman–Crippen MR) is 74.5 cm³/mol. The average molecular weight is 348 g/mol. The Morgan fingerprint density at radius 1 is 1.47 bits per heavy atom. The van der Waals surface area contributed by atoms with Gasteiger partial charge in [-0.15, -0.1) is 0 Å². The van der Waals surface area contributed by atoms with Gasteiger partial charge in [0.15, 0.2) is 9.87 Å². The lowest BCUT2D eigenvalue weighted by Gasteiger charge is -2.28. The van der Waals surface area contributed by atoms with Crippen molar-refractivity contribution in [3.63, 3.8) is 0 Å². The molecule has 0 bridgehead atoms. The van der Waals surface area contributed by atoms with Crippen molar-refractivity contribution in [1.29, 1.82) is 0 Å². The highest BCUT2D eigenvalue weighted by Gasteiger charge is 2.32. The van der Waals surface area contributed by atoms with Crippen LogP contribution in [0.2, 0.25) is 0 Å². The van der Waals surface area contributed by atoms with Crippen LogP contribution in [0.5, 0.6) is 0 Å². The molecule has 0 amide bonds. The summed E-state index contributed by atoms with van der Waals surface area (Å²) in [6.45, 7) is 11.2. The van der Waals surface area contributed by atoms with E-state index in [-0.39, 0.29) is 5.41 Å². The highest BCUT2D eigenvalue weighted by atomic mass is 127. The van der Waals surface area contributed by atoms with Gasteiger partial charge in [0.05, 0.1) is 0 Å². The second-order valence-electron chi connectivity index (χ2n) is 5.07. The van der Waals surface area contributed by atoms with Crippen LogP contribution < -0.4 is 0 Å². The molecule has 0 fully saturated rings. The summed E-state index contributed by atoms with van der Waals surface area (Å²) in [5.41, 5.74) is 0.159. The first-order valence-corrected chi connectivity index (χ1v) is 6.41. The zero-order valence-electron chi connectivity index (χ0n) is 10.5. The first-order chi connectivity index (χ1) is 7.71. The lowest BCUT2D eigenvalue weighted by molar-refractivity contribution is -0.151. The molecule has 0 aliphatic heterocycles. The molecule has 1 heterocycles. The van der Waals surface area contributed by atoms with Crippen molar-refractivity contribution in [1.82, 2.24) is 0 Å². The van der Waals surface area contributed by atoms with Gasteiger partial charge in [-0.05, 0) is 41.6 Å². The first kappa shape index (κ1) is 14.3. The van der Waals surface area contributed by atoms with Crippen LogP contribution in [0.25, 0.3) is 0 Å². The Kier molecular flexibility index (Phi) is 4.41. The molecule has 3 nitrogen and oxygen atoms in total. The molecule has 17 heavy (non-hydrogen) atoms. The minimum atomic E-state index is -0.407. The Balaban J connectivity index is 2.98. The van der Waals surface area contributed by atoms with Crippen molar-refractivity contribution in [2.24, 2.45) is 5.41 Å². The third-order valence-corrected chi connectivity index (χ3v) is 2.79. The van der Waals surface area contributed by atoms with Crippen LogP contribution in [0, 0.1) is 9.18 Å². The minimum Gasteiger partial charge on any atom is -0.451 e. The Morgan fingerprint density at radius 3 is 2.41 bits per heavy atom. The van der Waals surface area contributed by atoms with E-state index < -0.39 is 12.1 Å². The molecule has 0 N–H and O–H groups in total. The molecule has 1 aromatic rings. The van der Waals surface area contributed by atoms with Crippen molar-refractivity contribution in [2.45, 2.75) is 33.8 Å². The quantitative estimate of drug-likeness (QED) is 0.469. The summed E-state index contributed by atoms with van der Waals surface area (Å²) >= 11 is 2.08. The maximum Gasteiger partial charge on any atom is 0.333 e. The molecule has 1 atom stereocenters. The zero-order valence-corrected chi connectivity index (χ0v) is 12.7. The van der Waals surface area contributed by atoms with Crippen LogP contribution in [0.1, 0.15) is 39.6 Å². The van der Waals surface area contributed by atoms with E-state index in [9.17, 15) is 4.79 Å². The van der Waals surface area contributed by atoms with E-state index in [1.165, 1.54) is 0 Å². The molecule has 94 valence electrons. The second-order valence-corrected chi connectivity index (χ2v) is 6.14. The van der Waals surface area contributed by atoms with Crippen LogP contribution in [-0.4, -0.2) is 5.97 Å². The third-order valence-electron chi connectivity index (χ3n) is 2.21. The predicted octanol–water partition coefficient (Wildman–Crippen LogP) is 4.09. The van der Waals surface area contributed by atoms with Gasteiger partial charge in [0, 0.05) is 11.0 Å². The summed E-state index contributed by atoms with van der Waals surface area (Å²) < 4.78 is 11.7. The molecule has 4 heteroatoms. The third kappa shape index (κ3) is 3.87. The lowest BCUT2D eigenvalue weighted by atomic mass is 9.87. The zero-order chi connectivity index (χ0) is 13.2. The summed E-state index contributed by atoms with van der Waals surface area (Å²) in [6, 6.07) is 3.69. The van der Waals surface area contributed by atoms with E-state index in [1.54, 1.807) is 6.92 Å². The number of halogens is 1. The van der Waals surface area contributed by atoms with E-state index in [4.69, 9.17) is 9.15 Å². The van der Waals surface area contributed by atoms with E-state index in [0.29, 0.717) is 11.3 Å². The van der Waals surface area contributed by atoms with E-state index in [1.807, 2.05) is 32.9 Å². The number of ether oxygens (including phenoxy) is 1. The van der Waals surface area contributed by atoms with Crippen molar-refractivity contribution in [2.75, 3.05) is 0 Å². The molecular formula is C13H17IO3. The summed E-state index contributed by atoms with van der Waals surface area (Å²) in [5, 5.41) is 0. The summed E-state index contributed by atoms with van der Waals surface area (Å²) in [5.74, 6) is 0.271. The Morgan fingerprint density at radius 2 is 2.06 bits per heavy atom. The van der Waals surface area contributed by atoms with E-state index >= 15 is 0 Å². The monoisotopic (exact) mass is 348 g/mol. The Hall–Kier alpha value is -0.780. The topological polar surface area (TPSA) is 39.4 Å². The maximum absolute atomic E-state index is 11.6. The van der Waals surface area contributed by atoms with Crippen LogP contribution >= 0.6 is 22.6 Å². The number of furan rings is 1. The fourth-order valence-electron chi connectivity index (χ4n) is 1.34. The van der Waals surface area contributed by atoms with E-state index in [0.717, 1.165) is 3.77 Å². The van der Waals surface area contributed by atoms with Crippen LogP contribution in [-0.2, 0) is 9.53 Å². The van der Waals surface area contributed by atoms with Crippen molar-refractivity contribution >= 4 is 28.6 Å². The van der Waals surface area contributed by atoms with Gasteiger partial charge in [-0.2, -0.15) is 0 Å². The molecule has 1 rings (SSSR count). The molecule has 0 spiro atoms. The highest BCUT2D eigenvalue weighted by molar-refractivity contribution is 14.1. The number of hydrogen-bond acceptors (Lipinski definition) is 3. The minimum absolute atomic E-state index is 0.230. The van der Waals surface area contributed by atoms with Gasteiger partial charge in [-0.1, -0.05) is 27.4 Å². The average Bonchev–Trinajstić information content (AvgIpc) is 2.58. The highest BCUT2D eigenvalue weighted by Crippen LogP contribution is 2.37. The van der Waals surface area contributed by atoms with Gasteiger partial charge in [0.2, 0.25) is 0 Å². The Labute approximate surface area is 115 Å². The fraction of sp³-hybridized carbons (Fsp3) is 0.462. The smallest absolute Gasteiger partial charge is 0.333 e. The number of esters is 1. The molecular weight excluding hydrogens is 331 g/mol. The molecule has 1 aromatic heterocycles. The molecule has 0 saturated heterocycles. The number of rotatable bonds is 3. The molecule has 0 aliphatic carbocycles. The molecule has 0 saturated carbocycles. The van der Waals surface area contributed by atoms with Gasteiger partial charge >= 0.3 is 5.97 Å². The number of hydrogen-bond donors (Lipinski definition) is 0. The molecule has 0 radical (unpaired) electrons. The molecule has 1 unspecified atom stereocenters. The van der Waals surface area contributed by atoms with Crippen molar-refractivity contribution < 1.29 is 13.9 Å². The summed E-state index contributed by atoms with van der Waals surface area (Å²) in [7, 11) is 0. The van der Waals surface area contributed by atoms with E-state index in [2.05, 4.69) is 29.2 Å². The first-order valence-electron chi connectivity index (χ1n) is 5.33. The van der Waals surface area contributed by atoms with Crippen molar-refractivity contribution in [3.8, 4) is 0 Å². The second kappa shape index (κ2) is 5.25. The molecule has 0 aromatic carbocycles. The normalized spacial score (nSPS) is 13.2. The van der Waals surface area contributed by atoms with Crippen molar-refractivity contribution in [3.05, 3.63) is 33.8 Å². The van der Waals surface area contributed by atoms with Gasteiger partial charge in [-0.3, -0.25) is 0 Å². The van der Waals surface area contributed by atoms with Gasteiger partial charge < -0.3 is 9.15 Å². The van der Waals surface area contributed by atoms with Crippen LogP contribution in [0.15, 0.2) is 28.7 Å². The van der Waals surface area contributed by atoms with Crippen LogP contribution in [0.3, 0.4) is 0 Å². The maximum atomic E-state index is 11.6. The van der Waals surface area contributed by atoms with Gasteiger partial charge in [0.1, 0.15) is 5.76 Å². The summed E-state index contributed by atoms with van der Waals surface area (Å²) in [6.07, 6.45) is -0.407.